The number of aliphatic hydroxyl groups is 1. The maximum absolute atomic E-state index is 9.35. The van der Waals surface area contributed by atoms with Gasteiger partial charge in [-0.05, 0) is 97.8 Å². The molecule has 7 nitrogen and oxygen atoms in total. The Morgan fingerprint density at radius 3 is 2.24 bits per heavy atom. The van der Waals surface area contributed by atoms with Crippen molar-refractivity contribution in [1.82, 2.24) is 9.88 Å². The fourth-order valence-electron chi connectivity index (χ4n) is 5.31. The predicted molar refractivity (Wildman–Crippen MR) is 170 cm³/mol. The summed E-state index contributed by atoms with van der Waals surface area (Å²) in [4.78, 5) is 7.01. The van der Waals surface area contributed by atoms with Gasteiger partial charge in [0.15, 0.2) is 11.5 Å². The van der Waals surface area contributed by atoms with Gasteiger partial charge in [0.05, 0.1) is 19.2 Å². The number of fused-ring (bicyclic) bond motifs is 1. The molecular weight excluding hydrogens is 526 g/mol. The molecule has 0 unspecified atom stereocenters. The highest BCUT2D eigenvalue weighted by molar-refractivity contribution is 5.88. The zero-order valence-electron chi connectivity index (χ0n) is 25.2. The molecule has 0 bridgehead atoms. The summed E-state index contributed by atoms with van der Waals surface area (Å²) in [5, 5.41) is 13.7. The van der Waals surface area contributed by atoms with Gasteiger partial charge in [0.25, 0.3) is 0 Å². The number of nitrogens with one attached hydrogen (secondary N) is 1. The molecule has 2 heterocycles. The highest BCUT2D eigenvalue weighted by Gasteiger charge is 2.18. The Hall–Kier alpha value is -3.81. The first-order valence-electron chi connectivity index (χ1n) is 14.9. The molecule has 1 fully saturated rings. The summed E-state index contributed by atoms with van der Waals surface area (Å²) < 4.78 is 18.1. The fourth-order valence-corrected chi connectivity index (χ4v) is 5.31. The molecule has 222 valence electrons. The van der Waals surface area contributed by atoms with Crippen molar-refractivity contribution in [2.45, 2.75) is 45.4 Å². The van der Waals surface area contributed by atoms with E-state index >= 15 is 0 Å². The van der Waals surface area contributed by atoms with Gasteiger partial charge in [0, 0.05) is 42.2 Å². The van der Waals surface area contributed by atoms with Crippen molar-refractivity contribution in [2.75, 3.05) is 45.3 Å². The van der Waals surface area contributed by atoms with Gasteiger partial charge in [0.1, 0.15) is 11.5 Å². The first kappa shape index (κ1) is 29.7. The monoisotopic (exact) mass is 569 g/mol. The summed E-state index contributed by atoms with van der Waals surface area (Å²) in [6.07, 6.45) is 4.81. The van der Waals surface area contributed by atoms with Crippen LogP contribution >= 0.6 is 0 Å². The standard InChI is InChI=1S/C35H43N3O4/c1-35(2,3)26-6-8-27(9-7-26)37-28-10-12-29(13-11-28)42-32-14-17-36-31-23-34(33(40-4)22-30(31)32)41-21-5-18-38-19-15-25(24-39)16-20-38/h6-14,17,22-23,25,37,39H,5,15-16,18-21,24H2,1-4H3. The zero-order chi connectivity index (χ0) is 29.5. The Morgan fingerprint density at radius 2 is 1.60 bits per heavy atom. The van der Waals surface area contributed by atoms with E-state index in [1.807, 2.05) is 42.5 Å². The highest BCUT2D eigenvalue weighted by Crippen LogP contribution is 2.37. The molecule has 3 aromatic carbocycles. The number of methoxy groups -OCH3 is 1. The summed E-state index contributed by atoms with van der Waals surface area (Å²) in [5.41, 5.74) is 4.26. The van der Waals surface area contributed by atoms with Crippen LogP contribution in [0.2, 0.25) is 0 Å². The van der Waals surface area contributed by atoms with Gasteiger partial charge in [-0.3, -0.25) is 4.98 Å². The molecule has 7 heteroatoms. The van der Waals surface area contributed by atoms with Gasteiger partial charge >= 0.3 is 0 Å². The van der Waals surface area contributed by atoms with Crippen molar-refractivity contribution in [3.8, 4) is 23.0 Å². The van der Waals surface area contributed by atoms with Crippen LogP contribution in [0, 0.1) is 5.92 Å². The smallest absolute Gasteiger partial charge is 0.163 e. The lowest BCUT2D eigenvalue weighted by molar-refractivity contribution is 0.126. The highest BCUT2D eigenvalue weighted by atomic mass is 16.5. The van der Waals surface area contributed by atoms with Crippen molar-refractivity contribution >= 4 is 22.3 Å². The van der Waals surface area contributed by atoms with Crippen LogP contribution in [0.5, 0.6) is 23.0 Å². The molecule has 0 spiro atoms. The van der Waals surface area contributed by atoms with Gasteiger partial charge < -0.3 is 29.5 Å². The molecule has 1 aliphatic heterocycles. The molecule has 4 aromatic rings. The van der Waals surface area contributed by atoms with Crippen LogP contribution in [-0.4, -0.2) is 54.9 Å². The van der Waals surface area contributed by atoms with E-state index in [1.54, 1.807) is 13.3 Å². The lowest BCUT2D eigenvalue weighted by Crippen LogP contribution is -2.35. The third-order valence-electron chi connectivity index (χ3n) is 7.95. The minimum absolute atomic E-state index is 0.132. The van der Waals surface area contributed by atoms with Gasteiger partial charge in [-0.25, -0.2) is 0 Å². The van der Waals surface area contributed by atoms with Gasteiger partial charge in [-0.2, -0.15) is 0 Å². The summed E-state index contributed by atoms with van der Waals surface area (Å²) in [6.45, 7) is 10.6. The van der Waals surface area contributed by atoms with Crippen LogP contribution in [-0.2, 0) is 5.41 Å². The zero-order valence-corrected chi connectivity index (χ0v) is 25.2. The molecule has 0 aliphatic carbocycles. The number of nitrogens with zero attached hydrogens (tertiary/aromatic N) is 2. The Bertz CT molecular complexity index is 1440. The molecule has 0 atom stereocenters. The third kappa shape index (κ3) is 7.52. The Balaban J connectivity index is 1.20. The molecule has 1 aromatic heterocycles. The molecule has 42 heavy (non-hydrogen) atoms. The Morgan fingerprint density at radius 1 is 0.905 bits per heavy atom. The molecule has 5 rings (SSSR count). The van der Waals surface area contributed by atoms with Crippen LogP contribution in [0.25, 0.3) is 10.9 Å². The quantitative estimate of drug-likeness (QED) is 0.181. The van der Waals surface area contributed by atoms with Gasteiger partial charge in [-0.1, -0.05) is 32.9 Å². The number of benzene rings is 3. The number of anilines is 2. The lowest BCUT2D eigenvalue weighted by Gasteiger charge is -2.30. The predicted octanol–water partition coefficient (Wildman–Crippen LogP) is 7.55. The van der Waals surface area contributed by atoms with Crippen molar-refractivity contribution in [3.63, 3.8) is 0 Å². The van der Waals surface area contributed by atoms with E-state index in [0.29, 0.717) is 36.4 Å². The number of likely N-dealkylation sites (tertiary alicyclic amines) is 1. The maximum atomic E-state index is 9.35. The SMILES string of the molecule is COc1cc2c(Oc3ccc(Nc4ccc(C(C)(C)C)cc4)cc3)ccnc2cc1OCCCN1CCC(CO)CC1. The van der Waals surface area contributed by atoms with Gasteiger partial charge in [0.2, 0.25) is 0 Å². The lowest BCUT2D eigenvalue weighted by atomic mass is 9.87. The van der Waals surface area contributed by atoms with Crippen LogP contribution in [0.4, 0.5) is 11.4 Å². The third-order valence-corrected chi connectivity index (χ3v) is 7.95. The second kappa shape index (κ2) is 13.4. The summed E-state index contributed by atoms with van der Waals surface area (Å²) >= 11 is 0. The molecule has 2 N–H and O–H groups in total. The largest absolute Gasteiger partial charge is 0.493 e. The number of rotatable bonds is 11. The number of pyridine rings is 1. The van der Waals surface area contributed by atoms with Crippen LogP contribution < -0.4 is 19.5 Å². The minimum atomic E-state index is 0.132. The Kier molecular flexibility index (Phi) is 9.50. The number of aromatic nitrogens is 1. The average molecular weight is 570 g/mol. The molecule has 0 radical (unpaired) electrons. The second-order valence-corrected chi connectivity index (χ2v) is 12.1. The van der Waals surface area contributed by atoms with E-state index in [0.717, 1.165) is 66.9 Å². The summed E-state index contributed by atoms with van der Waals surface area (Å²) in [7, 11) is 1.65. The van der Waals surface area contributed by atoms with Crippen LogP contribution in [0.3, 0.4) is 0 Å². The maximum Gasteiger partial charge on any atom is 0.163 e. The fraction of sp³-hybridized carbons (Fsp3) is 0.400. The Labute approximate surface area is 249 Å². The number of hydrogen-bond acceptors (Lipinski definition) is 7. The number of hydrogen-bond donors (Lipinski definition) is 2. The van der Waals surface area contributed by atoms with E-state index in [2.05, 4.69) is 60.2 Å². The van der Waals surface area contributed by atoms with Crippen molar-refractivity contribution in [2.24, 2.45) is 5.92 Å². The van der Waals surface area contributed by atoms with E-state index < -0.39 is 0 Å². The average Bonchev–Trinajstić information content (AvgIpc) is 3.00. The molecule has 0 saturated carbocycles. The molecule has 1 aliphatic rings. The van der Waals surface area contributed by atoms with Crippen molar-refractivity contribution in [3.05, 3.63) is 78.5 Å². The molecule has 1 saturated heterocycles. The van der Waals surface area contributed by atoms with E-state index in [4.69, 9.17) is 14.2 Å². The number of piperidine rings is 1. The van der Waals surface area contributed by atoms with Gasteiger partial charge in [-0.15, -0.1) is 0 Å². The van der Waals surface area contributed by atoms with Crippen LogP contribution in [0.1, 0.15) is 45.6 Å². The van der Waals surface area contributed by atoms with Crippen molar-refractivity contribution < 1.29 is 19.3 Å². The van der Waals surface area contributed by atoms with E-state index in [1.165, 1.54) is 5.56 Å². The summed E-state index contributed by atoms with van der Waals surface area (Å²) in [6, 6.07) is 22.2. The van der Waals surface area contributed by atoms with E-state index in [-0.39, 0.29) is 5.41 Å². The first-order chi connectivity index (χ1) is 20.3. The number of ether oxygens (including phenoxy) is 3. The first-order valence-corrected chi connectivity index (χ1v) is 14.9. The topological polar surface area (TPSA) is 76.1 Å². The van der Waals surface area contributed by atoms with E-state index in [9.17, 15) is 5.11 Å². The minimum Gasteiger partial charge on any atom is -0.493 e. The number of aliphatic hydroxyl groups excluding tert-OH is 1. The van der Waals surface area contributed by atoms with Crippen LogP contribution in [0.15, 0.2) is 72.9 Å². The molecule has 0 amide bonds. The second-order valence-electron chi connectivity index (χ2n) is 12.1. The molecular formula is C35H43N3O4. The summed E-state index contributed by atoms with van der Waals surface area (Å²) in [5.74, 6) is 3.23. The normalized spacial score (nSPS) is 14.6. The van der Waals surface area contributed by atoms with Crippen molar-refractivity contribution in [1.29, 1.82) is 0 Å².